The normalized spacial score (nSPS) is 12.0. The SMILES string of the molecule is Cn1cc(-c2cn(-c3ccc(SC(F)(F)F)cc3)c3ccc(N)cc23)cn1. The number of thioether (sulfide) groups is 1. The van der Waals surface area contributed by atoms with E-state index >= 15 is 0 Å². The van der Waals surface area contributed by atoms with Gasteiger partial charge in [-0.05, 0) is 54.2 Å². The summed E-state index contributed by atoms with van der Waals surface area (Å²) in [7, 11) is 1.84. The van der Waals surface area contributed by atoms with Crippen LogP contribution in [0.15, 0.2) is 66.0 Å². The summed E-state index contributed by atoms with van der Waals surface area (Å²) in [6.45, 7) is 0. The molecule has 0 unspecified atom stereocenters. The Morgan fingerprint density at radius 3 is 2.41 bits per heavy atom. The average Bonchev–Trinajstić information content (AvgIpc) is 3.17. The zero-order valence-electron chi connectivity index (χ0n) is 14.2. The molecule has 2 heterocycles. The van der Waals surface area contributed by atoms with Crippen LogP contribution in [-0.2, 0) is 7.05 Å². The summed E-state index contributed by atoms with van der Waals surface area (Å²) in [5.41, 5.74) is 5.89. The molecule has 138 valence electrons. The summed E-state index contributed by atoms with van der Waals surface area (Å²) in [5, 5.41) is 5.17. The lowest BCUT2D eigenvalue weighted by atomic mass is 10.1. The molecule has 0 atom stereocenters. The van der Waals surface area contributed by atoms with Gasteiger partial charge in [0.1, 0.15) is 0 Å². The zero-order valence-corrected chi connectivity index (χ0v) is 15.1. The summed E-state index contributed by atoms with van der Waals surface area (Å²) < 4.78 is 41.3. The molecule has 0 aliphatic rings. The number of benzene rings is 2. The summed E-state index contributed by atoms with van der Waals surface area (Å²) >= 11 is -0.122. The highest BCUT2D eigenvalue weighted by Crippen LogP contribution is 2.38. The highest BCUT2D eigenvalue weighted by Gasteiger charge is 2.29. The summed E-state index contributed by atoms with van der Waals surface area (Å²) in [4.78, 5) is 0.152. The van der Waals surface area contributed by atoms with Crippen molar-refractivity contribution in [1.29, 1.82) is 0 Å². The van der Waals surface area contributed by atoms with E-state index < -0.39 is 5.51 Å². The number of anilines is 1. The Morgan fingerprint density at radius 1 is 1.04 bits per heavy atom. The van der Waals surface area contributed by atoms with Crippen LogP contribution in [0.4, 0.5) is 18.9 Å². The van der Waals surface area contributed by atoms with Crippen molar-refractivity contribution in [2.24, 2.45) is 7.05 Å². The van der Waals surface area contributed by atoms with E-state index in [2.05, 4.69) is 5.10 Å². The molecule has 2 aromatic carbocycles. The second kappa shape index (κ2) is 6.38. The average molecular weight is 388 g/mol. The Labute approximate surface area is 157 Å². The molecule has 4 rings (SSSR count). The van der Waals surface area contributed by atoms with Gasteiger partial charge in [-0.2, -0.15) is 18.3 Å². The smallest absolute Gasteiger partial charge is 0.399 e. The molecule has 0 radical (unpaired) electrons. The zero-order chi connectivity index (χ0) is 19.2. The number of alkyl halides is 3. The minimum Gasteiger partial charge on any atom is -0.399 e. The molecule has 0 aliphatic carbocycles. The van der Waals surface area contributed by atoms with Crippen LogP contribution in [0.5, 0.6) is 0 Å². The van der Waals surface area contributed by atoms with Crippen LogP contribution in [-0.4, -0.2) is 19.9 Å². The second-order valence-corrected chi connectivity index (χ2v) is 7.27. The highest BCUT2D eigenvalue weighted by atomic mass is 32.2. The molecule has 8 heteroatoms. The standard InChI is InChI=1S/C19H15F3N4S/c1-25-10-12(9-24-25)17-11-26(18-7-2-13(23)8-16(17)18)14-3-5-15(6-4-14)27-19(20,21)22/h2-11H,23H2,1H3. The first-order chi connectivity index (χ1) is 12.8. The van der Waals surface area contributed by atoms with E-state index in [1.807, 2.05) is 36.1 Å². The maximum absolute atomic E-state index is 12.5. The van der Waals surface area contributed by atoms with Crippen molar-refractivity contribution in [2.45, 2.75) is 10.4 Å². The maximum atomic E-state index is 12.5. The van der Waals surface area contributed by atoms with Gasteiger partial charge in [-0.3, -0.25) is 4.68 Å². The number of fused-ring (bicyclic) bond motifs is 1. The van der Waals surface area contributed by atoms with Crippen LogP contribution in [0.1, 0.15) is 0 Å². The number of hydrogen-bond acceptors (Lipinski definition) is 3. The first-order valence-electron chi connectivity index (χ1n) is 8.06. The molecule has 0 amide bonds. The van der Waals surface area contributed by atoms with E-state index in [4.69, 9.17) is 5.73 Å². The van der Waals surface area contributed by atoms with E-state index in [9.17, 15) is 13.2 Å². The second-order valence-electron chi connectivity index (χ2n) is 6.13. The first-order valence-corrected chi connectivity index (χ1v) is 8.87. The number of nitrogens with two attached hydrogens (primary N) is 1. The molecule has 4 aromatic rings. The highest BCUT2D eigenvalue weighted by molar-refractivity contribution is 8.00. The molecular formula is C19H15F3N4S. The number of aromatic nitrogens is 3. The fourth-order valence-electron chi connectivity index (χ4n) is 3.06. The molecule has 0 saturated carbocycles. The number of hydrogen-bond donors (Lipinski definition) is 1. The Morgan fingerprint density at radius 2 is 1.78 bits per heavy atom. The maximum Gasteiger partial charge on any atom is 0.446 e. The van der Waals surface area contributed by atoms with Crippen molar-refractivity contribution < 1.29 is 13.2 Å². The Bertz CT molecular complexity index is 1110. The van der Waals surface area contributed by atoms with Crippen LogP contribution in [0.25, 0.3) is 27.7 Å². The number of aryl methyl sites for hydroxylation is 1. The summed E-state index contributed by atoms with van der Waals surface area (Å²) in [6, 6.07) is 11.9. The van der Waals surface area contributed by atoms with Crippen molar-refractivity contribution in [3.8, 4) is 16.8 Å². The number of nitrogens with zero attached hydrogens (tertiary/aromatic N) is 3. The predicted octanol–water partition coefficient (Wildman–Crippen LogP) is 5.23. The lowest BCUT2D eigenvalue weighted by Crippen LogP contribution is -1.99. The molecule has 2 N–H and O–H groups in total. The molecule has 27 heavy (non-hydrogen) atoms. The fraction of sp³-hybridized carbons (Fsp3) is 0.105. The van der Waals surface area contributed by atoms with Crippen LogP contribution >= 0.6 is 11.8 Å². The van der Waals surface area contributed by atoms with Gasteiger partial charge in [0.05, 0.1) is 11.7 Å². The van der Waals surface area contributed by atoms with E-state index in [0.29, 0.717) is 5.69 Å². The molecule has 4 nitrogen and oxygen atoms in total. The van der Waals surface area contributed by atoms with Gasteiger partial charge in [0.2, 0.25) is 0 Å². The van der Waals surface area contributed by atoms with Gasteiger partial charge in [0.25, 0.3) is 0 Å². The van der Waals surface area contributed by atoms with E-state index in [1.165, 1.54) is 12.1 Å². The number of halogens is 3. The van der Waals surface area contributed by atoms with Gasteiger partial charge < -0.3 is 10.3 Å². The van der Waals surface area contributed by atoms with Crippen molar-refractivity contribution in [3.05, 3.63) is 61.1 Å². The molecule has 0 bridgehead atoms. The predicted molar refractivity (Wildman–Crippen MR) is 102 cm³/mol. The van der Waals surface area contributed by atoms with Crippen LogP contribution < -0.4 is 5.73 Å². The molecule has 0 spiro atoms. The molecule has 0 aliphatic heterocycles. The quantitative estimate of drug-likeness (QED) is 0.386. The van der Waals surface area contributed by atoms with E-state index in [-0.39, 0.29) is 16.7 Å². The minimum absolute atomic E-state index is 0.122. The molecule has 2 aromatic heterocycles. The van der Waals surface area contributed by atoms with Crippen molar-refractivity contribution in [3.63, 3.8) is 0 Å². The topological polar surface area (TPSA) is 48.8 Å². The number of nitrogen functional groups attached to an aromatic ring is 1. The largest absolute Gasteiger partial charge is 0.446 e. The van der Waals surface area contributed by atoms with Crippen molar-refractivity contribution in [2.75, 3.05) is 5.73 Å². The van der Waals surface area contributed by atoms with Gasteiger partial charge in [-0.25, -0.2) is 0 Å². The Hall–Kier alpha value is -2.87. The lowest BCUT2D eigenvalue weighted by molar-refractivity contribution is -0.0328. The molecular weight excluding hydrogens is 373 g/mol. The number of rotatable bonds is 3. The lowest BCUT2D eigenvalue weighted by Gasteiger charge is -2.08. The minimum atomic E-state index is -4.30. The Balaban J connectivity index is 1.82. The van der Waals surface area contributed by atoms with Crippen LogP contribution in [0, 0.1) is 0 Å². The monoisotopic (exact) mass is 388 g/mol. The van der Waals surface area contributed by atoms with Crippen LogP contribution in [0.2, 0.25) is 0 Å². The summed E-state index contributed by atoms with van der Waals surface area (Å²) in [6.07, 6.45) is 5.63. The summed E-state index contributed by atoms with van der Waals surface area (Å²) in [5.74, 6) is 0. The fourth-order valence-corrected chi connectivity index (χ4v) is 3.60. The van der Waals surface area contributed by atoms with Gasteiger partial charge in [0.15, 0.2) is 0 Å². The molecule has 0 saturated heterocycles. The van der Waals surface area contributed by atoms with E-state index in [1.54, 1.807) is 29.1 Å². The van der Waals surface area contributed by atoms with Gasteiger partial charge in [-0.1, -0.05) is 0 Å². The van der Waals surface area contributed by atoms with Crippen LogP contribution in [0.3, 0.4) is 0 Å². The first kappa shape index (κ1) is 17.5. The van der Waals surface area contributed by atoms with E-state index in [0.717, 1.165) is 27.7 Å². The van der Waals surface area contributed by atoms with Crippen molar-refractivity contribution in [1.82, 2.24) is 14.3 Å². The molecule has 0 fully saturated rings. The third-order valence-corrected chi connectivity index (χ3v) is 4.93. The third-order valence-electron chi connectivity index (χ3n) is 4.19. The van der Waals surface area contributed by atoms with Gasteiger partial charge in [-0.15, -0.1) is 0 Å². The van der Waals surface area contributed by atoms with Gasteiger partial charge >= 0.3 is 5.51 Å². The third kappa shape index (κ3) is 3.52. The van der Waals surface area contributed by atoms with Gasteiger partial charge in [0, 0.05) is 52.2 Å². The Kier molecular flexibility index (Phi) is 4.15. The van der Waals surface area contributed by atoms with Crippen molar-refractivity contribution >= 4 is 28.4 Å².